The van der Waals surface area contributed by atoms with E-state index in [9.17, 15) is 9.18 Å². The second-order valence-corrected chi connectivity index (χ2v) is 7.70. The van der Waals surface area contributed by atoms with E-state index in [1.807, 2.05) is 12.1 Å². The normalized spacial score (nSPS) is 21.3. The number of hydrogen-bond acceptors (Lipinski definition) is 5. The number of nitrogens with one attached hydrogen (secondary N) is 1. The molecule has 0 spiro atoms. The fourth-order valence-corrected chi connectivity index (χ4v) is 2.85. The summed E-state index contributed by atoms with van der Waals surface area (Å²) in [6, 6.07) is 5.09. The summed E-state index contributed by atoms with van der Waals surface area (Å²) in [4.78, 5) is 17.7. The molecule has 2 aromatic rings. The van der Waals surface area contributed by atoms with Gasteiger partial charge in [-0.25, -0.2) is 9.18 Å². The molecule has 1 aliphatic heterocycles. The van der Waals surface area contributed by atoms with Gasteiger partial charge in [-0.1, -0.05) is 15.9 Å². The molecule has 1 amide bonds. The molecule has 2 atom stereocenters. The molecule has 24 heavy (non-hydrogen) atoms. The zero-order valence-corrected chi connectivity index (χ0v) is 15.3. The zero-order valence-electron chi connectivity index (χ0n) is 13.7. The van der Waals surface area contributed by atoms with Gasteiger partial charge >= 0.3 is 6.09 Å². The molecule has 1 saturated heterocycles. The zero-order chi connectivity index (χ0) is 17.5. The summed E-state index contributed by atoms with van der Waals surface area (Å²) in [5, 5.41) is 2.93. The van der Waals surface area contributed by atoms with Gasteiger partial charge in [0.15, 0.2) is 5.58 Å². The molecule has 1 aromatic heterocycles. The van der Waals surface area contributed by atoms with Crippen LogP contribution in [0.4, 0.5) is 15.2 Å². The van der Waals surface area contributed by atoms with Crippen LogP contribution in [0, 0.1) is 0 Å². The number of carbonyl (C=O) groups is 1. The average Bonchev–Trinajstić information content (AvgIpc) is 3.00. The van der Waals surface area contributed by atoms with Gasteiger partial charge in [0.2, 0.25) is 0 Å². The van der Waals surface area contributed by atoms with E-state index in [1.165, 1.54) is 4.90 Å². The van der Waals surface area contributed by atoms with Crippen LogP contribution in [-0.2, 0) is 4.74 Å². The molecular weight excluding hydrogens is 381 g/mol. The van der Waals surface area contributed by atoms with Crippen LogP contribution in [0.3, 0.4) is 0 Å². The van der Waals surface area contributed by atoms with Crippen LogP contribution < -0.4 is 5.32 Å². The monoisotopic (exact) mass is 399 g/mol. The van der Waals surface area contributed by atoms with E-state index in [4.69, 9.17) is 9.15 Å². The van der Waals surface area contributed by atoms with Crippen LogP contribution in [0.25, 0.3) is 11.1 Å². The van der Waals surface area contributed by atoms with Crippen LogP contribution >= 0.6 is 15.9 Å². The van der Waals surface area contributed by atoms with E-state index in [0.717, 1.165) is 4.47 Å². The standard InChI is InChI=1S/C16H19BrFN3O3/c1-16(2,3)24-15(22)21-7-10(18)12(8-21)20-14-19-11-6-9(17)4-5-13(11)23-14/h4-6,10,12H,7-8H2,1-3H3,(H,19,20)/t10-,12+/m0/s1. The first-order chi connectivity index (χ1) is 11.2. The summed E-state index contributed by atoms with van der Waals surface area (Å²) in [7, 11) is 0. The van der Waals surface area contributed by atoms with Crippen molar-refractivity contribution in [3.63, 3.8) is 0 Å². The molecule has 0 radical (unpaired) electrons. The molecule has 130 valence electrons. The van der Waals surface area contributed by atoms with Crippen LogP contribution in [0.5, 0.6) is 0 Å². The summed E-state index contributed by atoms with van der Waals surface area (Å²) in [6.45, 7) is 5.51. The predicted molar refractivity (Wildman–Crippen MR) is 91.8 cm³/mol. The van der Waals surface area contributed by atoms with Crippen LogP contribution in [0.1, 0.15) is 20.8 Å². The molecule has 0 aliphatic carbocycles. The van der Waals surface area contributed by atoms with Crippen molar-refractivity contribution in [1.82, 2.24) is 9.88 Å². The maximum atomic E-state index is 14.2. The van der Waals surface area contributed by atoms with Crippen LogP contribution in [0.15, 0.2) is 27.1 Å². The van der Waals surface area contributed by atoms with Gasteiger partial charge in [-0.3, -0.25) is 0 Å². The highest BCUT2D eigenvalue weighted by atomic mass is 79.9. The fourth-order valence-electron chi connectivity index (χ4n) is 2.50. The first kappa shape index (κ1) is 17.0. The van der Waals surface area contributed by atoms with Gasteiger partial charge < -0.3 is 19.4 Å². The number of carbonyl (C=O) groups excluding carboxylic acids is 1. The Morgan fingerprint density at radius 2 is 2.21 bits per heavy atom. The average molecular weight is 400 g/mol. The van der Waals surface area contributed by atoms with Crippen molar-refractivity contribution >= 4 is 39.1 Å². The Kier molecular flexibility index (Phi) is 4.42. The van der Waals surface area contributed by atoms with E-state index in [1.54, 1.807) is 26.8 Å². The topological polar surface area (TPSA) is 67.6 Å². The first-order valence-corrected chi connectivity index (χ1v) is 8.45. The van der Waals surface area contributed by atoms with Gasteiger partial charge in [-0.05, 0) is 39.0 Å². The maximum Gasteiger partial charge on any atom is 0.410 e. The van der Waals surface area contributed by atoms with Crippen molar-refractivity contribution in [3.8, 4) is 0 Å². The lowest BCUT2D eigenvalue weighted by molar-refractivity contribution is 0.0283. The summed E-state index contributed by atoms with van der Waals surface area (Å²) >= 11 is 3.37. The highest BCUT2D eigenvalue weighted by molar-refractivity contribution is 9.10. The van der Waals surface area contributed by atoms with Gasteiger partial charge in [-0.15, -0.1) is 0 Å². The van der Waals surface area contributed by atoms with Crippen molar-refractivity contribution in [1.29, 1.82) is 0 Å². The number of oxazole rings is 1. The summed E-state index contributed by atoms with van der Waals surface area (Å²) in [6.07, 6.45) is -1.74. The lowest BCUT2D eigenvalue weighted by Crippen LogP contribution is -2.36. The number of hydrogen-bond donors (Lipinski definition) is 1. The second kappa shape index (κ2) is 6.23. The number of amides is 1. The van der Waals surface area contributed by atoms with Crippen molar-refractivity contribution in [2.24, 2.45) is 0 Å². The molecule has 0 saturated carbocycles. The Morgan fingerprint density at radius 1 is 1.46 bits per heavy atom. The third-order valence-corrected chi connectivity index (χ3v) is 4.05. The minimum Gasteiger partial charge on any atom is -0.444 e. The van der Waals surface area contributed by atoms with E-state index < -0.39 is 23.9 Å². The Labute approximate surface area is 147 Å². The van der Waals surface area contributed by atoms with Gasteiger partial charge in [0, 0.05) is 11.0 Å². The summed E-state index contributed by atoms with van der Waals surface area (Å²) in [5.74, 6) is 0. The quantitative estimate of drug-likeness (QED) is 0.827. The van der Waals surface area contributed by atoms with E-state index in [-0.39, 0.29) is 19.1 Å². The Hall–Kier alpha value is -1.83. The minimum absolute atomic E-state index is 0.0155. The molecule has 1 aromatic carbocycles. The van der Waals surface area contributed by atoms with Gasteiger partial charge in [0.05, 0.1) is 12.6 Å². The number of halogens is 2. The Bertz CT molecular complexity index is 759. The molecular formula is C16H19BrFN3O3. The van der Waals surface area contributed by atoms with Gasteiger partial charge in [-0.2, -0.15) is 4.98 Å². The van der Waals surface area contributed by atoms with E-state index >= 15 is 0 Å². The largest absolute Gasteiger partial charge is 0.444 e. The fraction of sp³-hybridized carbons (Fsp3) is 0.500. The predicted octanol–water partition coefficient (Wildman–Crippen LogP) is 3.96. The highest BCUT2D eigenvalue weighted by Gasteiger charge is 2.38. The smallest absolute Gasteiger partial charge is 0.410 e. The van der Waals surface area contributed by atoms with Gasteiger partial charge in [0.1, 0.15) is 17.3 Å². The number of aromatic nitrogens is 1. The van der Waals surface area contributed by atoms with Crippen LogP contribution in [-0.4, -0.2) is 46.9 Å². The van der Waals surface area contributed by atoms with Gasteiger partial charge in [0.25, 0.3) is 6.01 Å². The molecule has 1 aliphatic rings. The van der Waals surface area contributed by atoms with Crippen molar-refractivity contribution in [2.45, 2.75) is 38.6 Å². The molecule has 0 unspecified atom stereocenters. The van der Waals surface area contributed by atoms with Crippen LogP contribution in [0.2, 0.25) is 0 Å². The number of benzene rings is 1. The highest BCUT2D eigenvalue weighted by Crippen LogP contribution is 2.25. The van der Waals surface area contributed by atoms with Crippen molar-refractivity contribution in [2.75, 3.05) is 18.4 Å². The lowest BCUT2D eigenvalue weighted by Gasteiger charge is -2.24. The minimum atomic E-state index is -1.22. The molecule has 1 N–H and O–H groups in total. The molecule has 6 nitrogen and oxygen atoms in total. The lowest BCUT2D eigenvalue weighted by atomic mass is 10.2. The number of alkyl halides is 1. The number of anilines is 1. The molecule has 0 bridgehead atoms. The molecule has 1 fully saturated rings. The number of fused-ring (bicyclic) bond motifs is 1. The number of likely N-dealkylation sites (tertiary alicyclic amines) is 1. The third-order valence-electron chi connectivity index (χ3n) is 3.56. The second-order valence-electron chi connectivity index (χ2n) is 6.78. The Balaban J connectivity index is 1.67. The molecule has 8 heteroatoms. The maximum absolute atomic E-state index is 14.2. The van der Waals surface area contributed by atoms with Crippen molar-refractivity contribution in [3.05, 3.63) is 22.7 Å². The Morgan fingerprint density at radius 3 is 2.92 bits per heavy atom. The first-order valence-electron chi connectivity index (χ1n) is 7.66. The SMILES string of the molecule is CC(C)(C)OC(=O)N1C[C@H](F)[C@H](Nc2nc3cc(Br)ccc3o2)C1. The number of ether oxygens (including phenoxy) is 1. The number of nitrogens with zero attached hydrogens (tertiary/aromatic N) is 2. The number of rotatable bonds is 2. The third kappa shape index (κ3) is 3.80. The summed E-state index contributed by atoms with van der Waals surface area (Å²) < 4.78 is 26.0. The van der Waals surface area contributed by atoms with E-state index in [2.05, 4.69) is 26.2 Å². The summed E-state index contributed by atoms with van der Waals surface area (Å²) in [5.41, 5.74) is 0.671. The van der Waals surface area contributed by atoms with Crippen molar-refractivity contribution < 1.29 is 18.3 Å². The molecule has 2 heterocycles. The van der Waals surface area contributed by atoms with E-state index in [0.29, 0.717) is 11.1 Å². The molecule has 3 rings (SSSR count).